The van der Waals surface area contributed by atoms with Gasteiger partial charge in [0.25, 0.3) is 5.91 Å². The molecule has 6 heteroatoms. The summed E-state index contributed by atoms with van der Waals surface area (Å²) in [4.78, 5) is 28.2. The fourth-order valence-corrected chi connectivity index (χ4v) is 2.48. The summed E-state index contributed by atoms with van der Waals surface area (Å²) in [5, 5.41) is 4.91. The minimum atomic E-state index is -0.364. The van der Waals surface area contributed by atoms with Gasteiger partial charge in [-0.05, 0) is 12.8 Å². The van der Waals surface area contributed by atoms with Crippen LogP contribution in [0.25, 0.3) is 0 Å². The number of carbonyl (C=O) groups excluding carboxylic acids is 2. The molecule has 5 nitrogen and oxygen atoms in total. The molecule has 2 fully saturated rings. The van der Waals surface area contributed by atoms with Gasteiger partial charge in [0.2, 0.25) is 5.13 Å². The topological polar surface area (TPSA) is 62.3 Å². The fraction of sp³-hybridized carbons (Fsp3) is 0.444. The summed E-state index contributed by atoms with van der Waals surface area (Å²) < 4.78 is 0. The maximum Gasteiger partial charge on any atom is 0.331 e. The number of anilines is 1. The molecule has 1 saturated carbocycles. The van der Waals surface area contributed by atoms with Crippen molar-refractivity contribution in [2.75, 3.05) is 11.4 Å². The first-order chi connectivity index (χ1) is 7.25. The zero-order valence-electron chi connectivity index (χ0n) is 7.90. The second-order valence-electron chi connectivity index (χ2n) is 3.72. The van der Waals surface area contributed by atoms with Gasteiger partial charge < -0.3 is 5.32 Å². The number of amides is 3. The number of imide groups is 1. The summed E-state index contributed by atoms with van der Waals surface area (Å²) in [5.74, 6) is 0.326. The molecule has 1 aliphatic carbocycles. The van der Waals surface area contributed by atoms with Crippen molar-refractivity contribution in [3.05, 3.63) is 11.1 Å². The number of rotatable bonds is 2. The van der Waals surface area contributed by atoms with Crippen molar-refractivity contribution in [2.24, 2.45) is 0 Å². The van der Waals surface area contributed by atoms with Gasteiger partial charge in [-0.2, -0.15) is 0 Å². The smallest absolute Gasteiger partial charge is 0.328 e. The highest BCUT2D eigenvalue weighted by Gasteiger charge is 2.34. The molecule has 0 radical (unpaired) electrons. The summed E-state index contributed by atoms with van der Waals surface area (Å²) in [6, 6.07) is -0.364. The van der Waals surface area contributed by atoms with Crippen LogP contribution in [0, 0.1) is 0 Å². The van der Waals surface area contributed by atoms with Crippen molar-refractivity contribution in [2.45, 2.75) is 18.8 Å². The molecule has 15 heavy (non-hydrogen) atoms. The monoisotopic (exact) mass is 223 g/mol. The zero-order chi connectivity index (χ0) is 10.4. The molecule has 3 rings (SSSR count). The zero-order valence-corrected chi connectivity index (χ0v) is 8.71. The summed E-state index contributed by atoms with van der Waals surface area (Å²) in [5.41, 5.74) is 1.02. The number of aromatic nitrogens is 1. The van der Waals surface area contributed by atoms with Crippen LogP contribution in [0.1, 0.15) is 24.5 Å². The molecule has 1 aliphatic heterocycles. The van der Waals surface area contributed by atoms with Crippen LogP contribution in [-0.2, 0) is 4.79 Å². The molecule has 1 saturated heterocycles. The number of thiazole rings is 1. The van der Waals surface area contributed by atoms with Gasteiger partial charge in [-0.1, -0.05) is 0 Å². The number of carbonyl (C=O) groups is 2. The third-order valence-corrected chi connectivity index (χ3v) is 3.38. The van der Waals surface area contributed by atoms with Crippen molar-refractivity contribution in [1.82, 2.24) is 10.3 Å². The Morgan fingerprint density at radius 3 is 2.87 bits per heavy atom. The third kappa shape index (κ3) is 1.41. The molecule has 0 aromatic carbocycles. The van der Waals surface area contributed by atoms with Crippen LogP contribution >= 0.6 is 11.3 Å². The van der Waals surface area contributed by atoms with Crippen molar-refractivity contribution < 1.29 is 9.59 Å². The van der Waals surface area contributed by atoms with Crippen LogP contribution in [0.5, 0.6) is 0 Å². The second-order valence-corrected chi connectivity index (χ2v) is 4.55. The van der Waals surface area contributed by atoms with E-state index in [4.69, 9.17) is 0 Å². The lowest BCUT2D eigenvalue weighted by Crippen LogP contribution is -2.30. The van der Waals surface area contributed by atoms with Gasteiger partial charge in [0.05, 0.1) is 12.2 Å². The lowest BCUT2D eigenvalue weighted by molar-refractivity contribution is -0.115. The van der Waals surface area contributed by atoms with Gasteiger partial charge in [-0.15, -0.1) is 11.3 Å². The average Bonchev–Trinajstić information content (AvgIpc) is 2.87. The average molecular weight is 223 g/mol. The summed E-state index contributed by atoms with van der Waals surface area (Å²) in [7, 11) is 0. The van der Waals surface area contributed by atoms with Gasteiger partial charge in [0.1, 0.15) is 0 Å². The van der Waals surface area contributed by atoms with E-state index in [1.807, 2.05) is 5.38 Å². The van der Waals surface area contributed by atoms with E-state index in [-0.39, 0.29) is 18.5 Å². The van der Waals surface area contributed by atoms with Crippen LogP contribution in [0.4, 0.5) is 9.93 Å². The first-order valence-corrected chi connectivity index (χ1v) is 5.70. The highest BCUT2D eigenvalue weighted by molar-refractivity contribution is 7.14. The van der Waals surface area contributed by atoms with Crippen LogP contribution in [0.3, 0.4) is 0 Å². The SMILES string of the molecule is O=C1CNC(=O)N1c1nc(C2CC2)cs1. The molecule has 2 heterocycles. The highest BCUT2D eigenvalue weighted by atomic mass is 32.1. The Balaban J connectivity index is 1.90. The van der Waals surface area contributed by atoms with Crippen LogP contribution in [0.15, 0.2) is 5.38 Å². The van der Waals surface area contributed by atoms with E-state index < -0.39 is 0 Å². The molecular formula is C9H9N3O2S. The molecule has 1 aromatic rings. The number of nitrogens with one attached hydrogen (secondary N) is 1. The Bertz CT molecular complexity index is 422. The van der Waals surface area contributed by atoms with Gasteiger partial charge in [0, 0.05) is 11.3 Å². The molecule has 2 aliphatic rings. The fourth-order valence-electron chi connectivity index (χ4n) is 1.56. The molecule has 1 N–H and O–H groups in total. The first kappa shape index (κ1) is 8.84. The van der Waals surface area contributed by atoms with E-state index in [0.717, 1.165) is 10.6 Å². The number of nitrogens with zero attached hydrogens (tertiary/aromatic N) is 2. The molecule has 0 spiro atoms. The summed E-state index contributed by atoms with van der Waals surface area (Å²) in [6.45, 7) is 0.0805. The molecule has 78 valence electrons. The Kier molecular flexibility index (Phi) is 1.79. The maximum atomic E-state index is 11.4. The Morgan fingerprint density at radius 2 is 2.27 bits per heavy atom. The molecule has 3 amide bonds. The quantitative estimate of drug-likeness (QED) is 0.763. The Hall–Kier alpha value is -1.43. The van der Waals surface area contributed by atoms with Crippen molar-refractivity contribution in [3.63, 3.8) is 0 Å². The van der Waals surface area contributed by atoms with E-state index >= 15 is 0 Å². The van der Waals surface area contributed by atoms with E-state index in [2.05, 4.69) is 10.3 Å². The molecule has 0 atom stereocenters. The molecule has 0 bridgehead atoms. The Labute approximate surface area is 90.1 Å². The third-order valence-electron chi connectivity index (χ3n) is 2.54. The molecule has 0 unspecified atom stereocenters. The molecule has 1 aromatic heterocycles. The lowest BCUT2D eigenvalue weighted by Gasteiger charge is -2.06. The van der Waals surface area contributed by atoms with Gasteiger partial charge in [-0.25, -0.2) is 14.7 Å². The minimum Gasteiger partial charge on any atom is -0.328 e. The molecular weight excluding hydrogens is 214 g/mol. The second kappa shape index (κ2) is 3.03. The highest BCUT2D eigenvalue weighted by Crippen LogP contribution is 2.41. The van der Waals surface area contributed by atoms with Crippen LogP contribution in [0.2, 0.25) is 0 Å². The lowest BCUT2D eigenvalue weighted by atomic mass is 10.3. The standard InChI is InChI=1S/C9H9N3O2S/c13-7-3-10-8(14)12(7)9-11-6(4-15-9)5-1-2-5/h4-5H,1-3H2,(H,10,14). The predicted molar refractivity (Wildman–Crippen MR) is 55.0 cm³/mol. The predicted octanol–water partition coefficient (Wildman–Crippen LogP) is 1.08. The van der Waals surface area contributed by atoms with Crippen molar-refractivity contribution >= 4 is 28.4 Å². The Morgan fingerprint density at radius 1 is 1.47 bits per heavy atom. The van der Waals surface area contributed by atoms with E-state index in [0.29, 0.717) is 11.0 Å². The van der Waals surface area contributed by atoms with Gasteiger partial charge in [0.15, 0.2) is 0 Å². The van der Waals surface area contributed by atoms with Gasteiger partial charge in [-0.3, -0.25) is 4.79 Å². The summed E-state index contributed by atoms with van der Waals surface area (Å²) in [6.07, 6.45) is 2.34. The minimum absolute atomic E-state index is 0.0805. The van der Waals surface area contributed by atoms with Crippen molar-refractivity contribution in [1.29, 1.82) is 0 Å². The van der Waals surface area contributed by atoms with E-state index in [9.17, 15) is 9.59 Å². The van der Waals surface area contributed by atoms with Crippen LogP contribution in [-0.4, -0.2) is 23.5 Å². The van der Waals surface area contributed by atoms with Gasteiger partial charge >= 0.3 is 6.03 Å². The van der Waals surface area contributed by atoms with Crippen molar-refractivity contribution in [3.8, 4) is 0 Å². The number of hydrogen-bond acceptors (Lipinski definition) is 4. The largest absolute Gasteiger partial charge is 0.331 e. The van der Waals surface area contributed by atoms with Crippen LogP contribution < -0.4 is 10.2 Å². The summed E-state index contributed by atoms with van der Waals surface area (Å²) >= 11 is 1.36. The normalized spacial score (nSPS) is 20.9. The first-order valence-electron chi connectivity index (χ1n) is 4.82. The number of urea groups is 1. The van der Waals surface area contributed by atoms with E-state index in [1.165, 1.54) is 24.2 Å². The number of hydrogen-bond donors (Lipinski definition) is 1. The maximum absolute atomic E-state index is 11.4. The van der Waals surface area contributed by atoms with E-state index in [1.54, 1.807) is 0 Å².